The highest BCUT2D eigenvalue weighted by Crippen LogP contribution is 2.37. The molecule has 0 radical (unpaired) electrons. The Kier molecular flexibility index (Phi) is 6.39. The maximum absolute atomic E-state index is 13.0. The van der Waals surface area contributed by atoms with E-state index in [4.69, 9.17) is 15.2 Å². The van der Waals surface area contributed by atoms with Gasteiger partial charge in [-0.1, -0.05) is 42.8 Å². The van der Waals surface area contributed by atoms with E-state index in [2.05, 4.69) is 5.32 Å². The van der Waals surface area contributed by atoms with E-state index >= 15 is 0 Å². The average Bonchev–Trinajstić information content (AvgIpc) is 3.59. The van der Waals surface area contributed by atoms with Crippen LogP contribution in [0, 0.1) is 0 Å². The molecule has 0 fully saturated rings. The number of benzene rings is 2. The first-order chi connectivity index (χ1) is 18.6. The lowest BCUT2D eigenvalue weighted by Gasteiger charge is -2.04. The number of primary amides is 1. The van der Waals surface area contributed by atoms with Crippen LogP contribution in [0.5, 0.6) is 0 Å². The fourth-order valence-electron chi connectivity index (χ4n) is 4.92. The van der Waals surface area contributed by atoms with Gasteiger partial charge in [-0.15, -0.1) is 11.3 Å². The van der Waals surface area contributed by atoms with Crippen molar-refractivity contribution in [3.05, 3.63) is 94.5 Å². The lowest BCUT2D eigenvalue weighted by atomic mass is 10.1. The van der Waals surface area contributed by atoms with E-state index in [-0.39, 0.29) is 5.91 Å². The Balaban J connectivity index is 1.33. The molecule has 0 saturated carbocycles. The lowest BCUT2D eigenvalue weighted by molar-refractivity contribution is -0.111. The van der Waals surface area contributed by atoms with E-state index in [9.17, 15) is 9.59 Å². The van der Waals surface area contributed by atoms with Gasteiger partial charge in [-0.05, 0) is 61.6 Å². The molecule has 3 aromatic heterocycles. The highest BCUT2D eigenvalue weighted by Gasteiger charge is 2.24. The highest BCUT2D eigenvalue weighted by molar-refractivity contribution is 7.17. The number of rotatable bonds is 6. The summed E-state index contributed by atoms with van der Waals surface area (Å²) in [6.07, 6.45) is 9.99. The molecule has 7 nitrogen and oxygen atoms in total. The third-order valence-electron chi connectivity index (χ3n) is 6.74. The molecule has 8 heteroatoms. The summed E-state index contributed by atoms with van der Waals surface area (Å²) in [6.45, 7) is 0. The third-order valence-corrected chi connectivity index (χ3v) is 7.95. The molecule has 2 aromatic carbocycles. The monoisotopic (exact) mass is 522 g/mol. The van der Waals surface area contributed by atoms with Crippen LogP contribution in [0.2, 0.25) is 0 Å². The summed E-state index contributed by atoms with van der Waals surface area (Å²) in [5, 5.41) is 9.18. The summed E-state index contributed by atoms with van der Waals surface area (Å²) in [5.41, 5.74) is 10.2. The molecule has 0 aliphatic heterocycles. The molecular weight excluding hydrogens is 496 g/mol. The smallest absolute Gasteiger partial charge is 0.251 e. The lowest BCUT2D eigenvalue weighted by Crippen LogP contribution is -2.16. The van der Waals surface area contributed by atoms with Gasteiger partial charge < -0.3 is 15.5 Å². The number of anilines is 1. The minimum absolute atomic E-state index is 0.341. The molecule has 1 aliphatic carbocycles. The zero-order chi connectivity index (χ0) is 26.1. The number of nitrogens with one attached hydrogen (secondary N) is 1. The largest absolute Gasteiger partial charge is 0.454 e. The fourth-order valence-corrected chi connectivity index (χ4v) is 6.22. The highest BCUT2D eigenvalue weighted by atomic mass is 32.1. The number of aromatic nitrogens is 2. The fraction of sp³-hybridized carbons (Fsp3) is 0.167. The zero-order valence-electron chi connectivity index (χ0n) is 20.6. The SMILES string of the molecule is NC(=O)c1c(NC(=O)C=Cc2cn(-c3ccccc3)nc2-c2cc3ccccc3o2)sc2c1CCCCC2. The van der Waals surface area contributed by atoms with E-state index in [0.717, 1.165) is 64.8 Å². The first kappa shape index (κ1) is 23.9. The van der Waals surface area contributed by atoms with Crippen LogP contribution in [0.25, 0.3) is 34.2 Å². The maximum Gasteiger partial charge on any atom is 0.251 e. The van der Waals surface area contributed by atoms with Crippen molar-refractivity contribution in [2.24, 2.45) is 5.73 Å². The number of nitrogens with zero attached hydrogens (tertiary/aromatic N) is 2. The van der Waals surface area contributed by atoms with Gasteiger partial charge >= 0.3 is 0 Å². The predicted octanol–water partition coefficient (Wildman–Crippen LogP) is 6.37. The maximum atomic E-state index is 13.0. The number of fused-ring (bicyclic) bond motifs is 2. The van der Waals surface area contributed by atoms with Gasteiger partial charge in [0.25, 0.3) is 5.91 Å². The molecule has 0 unspecified atom stereocenters. The van der Waals surface area contributed by atoms with Gasteiger partial charge in [-0.2, -0.15) is 5.10 Å². The van der Waals surface area contributed by atoms with Crippen molar-refractivity contribution in [3.8, 4) is 17.1 Å². The molecule has 0 saturated heterocycles. The van der Waals surface area contributed by atoms with Crippen LogP contribution >= 0.6 is 11.3 Å². The number of amides is 2. The standard InChI is InChI=1S/C30H26N4O3S/c31-29(36)27-22-12-5-2-6-14-25(22)38-30(27)32-26(35)16-15-20-18-34(21-10-3-1-4-11-21)33-28(20)24-17-19-9-7-8-13-23(19)37-24/h1,3-4,7-11,13,15-18H,2,5-6,12,14H2,(H2,31,36)(H,32,35). The van der Waals surface area contributed by atoms with Crippen molar-refractivity contribution in [2.75, 3.05) is 5.32 Å². The van der Waals surface area contributed by atoms with Gasteiger partial charge in [-0.25, -0.2) is 4.68 Å². The molecule has 1 aliphatic rings. The van der Waals surface area contributed by atoms with Crippen LogP contribution in [-0.2, 0) is 17.6 Å². The number of thiophene rings is 1. The second kappa shape index (κ2) is 10.1. The van der Waals surface area contributed by atoms with Gasteiger partial charge in [0, 0.05) is 28.1 Å². The second-order valence-corrected chi connectivity index (χ2v) is 10.4. The minimum atomic E-state index is -0.500. The molecule has 190 valence electrons. The Morgan fingerprint density at radius 1 is 1.03 bits per heavy atom. The zero-order valence-corrected chi connectivity index (χ0v) is 21.5. The number of hydrogen-bond acceptors (Lipinski definition) is 5. The van der Waals surface area contributed by atoms with E-state index < -0.39 is 5.91 Å². The number of hydrogen-bond donors (Lipinski definition) is 2. The summed E-state index contributed by atoms with van der Waals surface area (Å²) < 4.78 is 7.85. The number of para-hydroxylation sites is 2. The van der Waals surface area contributed by atoms with Crippen LogP contribution in [0.4, 0.5) is 5.00 Å². The van der Waals surface area contributed by atoms with Crippen molar-refractivity contribution < 1.29 is 14.0 Å². The molecular formula is C30H26N4O3S. The van der Waals surface area contributed by atoms with Gasteiger partial charge in [-0.3, -0.25) is 9.59 Å². The van der Waals surface area contributed by atoms with Gasteiger partial charge in [0.05, 0.1) is 11.3 Å². The molecule has 3 heterocycles. The number of carbonyl (C=O) groups excluding carboxylic acids is 2. The molecule has 2 amide bonds. The Labute approximate surface area is 223 Å². The van der Waals surface area contributed by atoms with Crippen molar-refractivity contribution in [3.63, 3.8) is 0 Å². The number of carbonyl (C=O) groups is 2. The number of nitrogens with two attached hydrogens (primary N) is 1. The number of aryl methyl sites for hydroxylation is 1. The summed E-state index contributed by atoms with van der Waals surface area (Å²) in [5.74, 6) is -0.231. The molecule has 6 rings (SSSR count). The molecule has 38 heavy (non-hydrogen) atoms. The normalized spacial score (nSPS) is 13.5. The van der Waals surface area contributed by atoms with Crippen molar-refractivity contribution in [1.82, 2.24) is 9.78 Å². The van der Waals surface area contributed by atoms with Crippen LogP contribution in [-0.4, -0.2) is 21.6 Å². The summed E-state index contributed by atoms with van der Waals surface area (Å²) in [6, 6.07) is 19.5. The summed E-state index contributed by atoms with van der Waals surface area (Å²) in [7, 11) is 0. The molecule has 0 bridgehead atoms. The van der Waals surface area contributed by atoms with Crippen LogP contribution in [0.15, 0.2) is 77.4 Å². The third kappa shape index (κ3) is 4.66. The van der Waals surface area contributed by atoms with Crippen LogP contribution in [0.1, 0.15) is 45.6 Å². The summed E-state index contributed by atoms with van der Waals surface area (Å²) in [4.78, 5) is 26.4. The number of furan rings is 1. The van der Waals surface area contributed by atoms with E-state index in [1.165, 1.54) is 17.4 Å². The predicted molar refractivity (Wildman–Crippen MR) is 151 cm³/mol. The second-order valence-electron chi connectivity index (χ2n) is 9.32. The van der Waals surface area contributed by atoms with Gasteiger partial charge in [0.2, 0.25) is 5.91 Å². The Hall–Kier alpha value is -4.43. The minimum Gasteiger partial charge on any atom is -0.454 e. The first-order valence-electron chi connectivity index (χ1n) is 12.6. The Morgan fingerprint density at radius 3 is 2.63 bits per heavy atom. The summed E-state index contributed by atoms with van der Waals surface area (Å²) >= 11 is 1.46. The molecule has 0 atom stereocenters. The van der Waals surface area contributed by atoms with Crippen molar-refractivity contribution >= 4 is 45.2 Å². The van der Waals surface area contributed by atoms with Crippen LogP contribution in [0.3, 0.4) is 0 Å². The van der Waals surface area contributed by atoms with E-state index in [1.54, 1.807) is 10.8 Å². The topological polar surface area (TPSA) is 103 Å². The van der Waals surface area contributed by atoms with Crippen molar-refractivity contribution in [1.29, 1.82) is 0 Å². The molecule has 0 spiro atoms. The molecule has 3 N–H and O–H groups in total. The Bertz CT molecular complexity index is 1640. The quantitative estimate of drug-likeness (QED) is 0.200. The van der Waals surface area contributed by atoms with Crippen LogP contribution < -0.4 is 11.1 Å². The molecule has 5 aromatic rings. The van der Waals surface area contributed by atoms with Gasteiger partial charge in [0.15, 0.2) is 5.76 Å². The first-order valence-corrected chi connectivity index (χ1v) is 13.5. The van der Waals surface area contributed by atoms with Crippen molar-refractivity contribution in [2.45, 2.75) is 32.1 Å². The van der Waals surface area contributed by atoms with E-state index in [0.29, 0.717) is 22.0 Å². The average molecular weight is 523 g/mol. The Morgan fingerprint density at radius 2 is 1.82 bits per heavy atom. The van der Waals surface area contributed by atoms with E-state index in [1.807, 2.05) is 66.9 Å². The van der Waals surface area contributed by atoms with Gasteiger partial charge in [0.1, 0.15) is 16.3 Å².